The van der Waals surface area contributed by atoms with Gasteiger partial charge in [-0.15, -0.1) is 0 Å². The first-order valence-electron chi connectivity index (χ1n) is 5.46. The van der Waals surface area contributed by atoms with Gasteiger partial charge in [0, 0.05) is 23.8 Å². The Labute approximate surface area is 106 Å². The fourth-order valence-electron chi connectivity index (χ4n) is 1.25. The molecule has 86 valence electrons. The van der Waals surface area contributed by atoms with E-state index in [1.54, 1.807) is 6.20 Å². The van der Waals surface area contributed by atoms with Crippen molar-refractivity contribution in [2.75, 3.05) is 13.1 Å². The predicted molar refractivity (Wildman–Crippen MR) is 73.0 cm³/mol. The Morgan fingerprint density at radius 2 is 2.00 bits per heavy atom. The molecule has 0 radical (unpaired) electrons. The van der Waals surface area contributed by atoms with Crippen LogP contribution in [0, 0.1) is 0 Å². The summed E-state index contributed by atoms with van der Waals surface area (Å²) < 4.78 is 1.00. The lowest BCUT2D eigenvalue weighted by Crippen LogP contribution is -2.14. The van der Waals surface area contributed by atoms with E-state index < -0.39 is 0 Å². The van der Waals surface area contributed by atoms with Crippen molar-refractivity contribution in [2.24, 2.45) is 0 Å². The minimum atomic E-state index is 0.965. The Kier molecular flexibility index (Phi) is 5.86. The molecule has 0 aliphatic heterocycles. The van der Waals surface area contributed by atoms with Crippen LogP contribution in [0.5, 0.6) is 0 Å². The van der Waals surface area contributed by atoms with Gasteiger partial charge in [-0.3, -0.25) is 4.98 Å². The normalized spacial score (nSPS) is 11.4. The largest absolute Gasteiger partial charge is 0.378 e. The molecule has 0 saturated heterocycles. The highest BCUT2D eigenvalue weighted by Crippen LogP contribution is 2.08. The first-order valence-corrected chi connectivity index (χ1v) is 6.26. The van der Waals surface area contributed by atoms with E-state index in [0.717, 1.165) is 23.3 Å². The molecule has 1 rings (SSSR count). The van der Waals surface area contributed by atoms with Gasteiger partial charge >= 0.3 is 0 Å². The van der Waals surface area contributed by atoms with Gasteiger partial charge in [-0.2, -0.15) is 0 Å². The summed E-state index contributed by atoms with van der Waals surface area (Å²) in [6, 6.07) is 3.96. The molecule has 0 amide bonds. The zero-order valence-electron chi connectivity index (χ0n) is 9.73. The molecule has 0 fully saturated rings. The first-order chi connectivity index (χ1) is 7.76. The maximum absolute atomic E-state index is 4.25. The number of hydrogen-bond donors (Lipinski definition) is 0. The molecule has 1 aromatic rings. The van der Waals surface area contributed by atoms with E-state index >= 15 is 0 Å². The van der Waals surface area contributed by atoms with Gasteiger partial charge in [0.1, 0.15) is 0 Å². The van der Waals surface area contributed by atoms with Gasteiger partial charge in [-0.1, -0.05) is 6.08 Å². The van der Waals surface area contributed by atoms with Gasteiger partial charge in [0.25, 0.3) is 0 Å². The molecule has 1 aromatic heterocycles. The lowest BCUT2D eigenvalue weighted by Gasteiger charge is -2.13. The van der Waals surface area contributed by atoms with E-state index in [1.807, 2.05) is 30.4 Å². The van der Waals surface area contributed by atoms with Crippen LogP contribution in [-0.2, 0) is 0 Å². The van der Waals surface area contributed by atoms with E-state index in [2.05, 4.69) is 45.9 Å². The Balaban J connectivity index is 2.51. The molecule has 16 heavy (non-hydrogen) atoms. The number of halogens is 1. The fourth-order valence-corrected chi connectivity index (χ4v) is 1.48. The van der Waals surface area contributed by atoms with Crippen LogP contribution in [0.2, 0.25) is 0 Å². The SMILES string of the molecule is CCN(/C=C/C=C/c1ccc(Br)cn1)CC. The van der Waals surface area contributed by atoms with Crippen molar-refractivity contribution in [1.82, 2.24) is 9.88 Å². The average Bonchev–Trinajstić information content (AvgIpc) is 2.32. The lowest BCUT2D eigenvalue weighted by molar-refractivity contribution is 0.419. The van der Waals surface area contributed by atoms with E-state index in [-0.39, 0.29) is 0 Å². The van der Waals surface area contributed by atoms with Crippen LogP contribution in [0.25, 0.3) is 6.08 Å². The highest BCUT2D eigenvalue weighted by atomic mass is 79.9. The van der Waals surface area contributed by atoms with Gasteiger partial charge in [0.2, 0.25) is 0 Å². The van der Waals surface area contributed by atoms with Crippen molar-refractivity contribution >= 4 is 22.0 Å². The molecular formula is C13H17BrN2. The predicted octanol–water partition coefficient (Wildman–Crippen LogP) is 3.71. The second-order valence-electron chi connectivity index (χ2n) is 3.32. The van der Waals surface area contributed by atoms with Gasteiger partial charge in [0.15, 0.2) is 0 Å². The monoisotopic (exact) mass is 280 g/mol. The Morgan fingerprint density at radius 1 is 1.25 bits per heavy atom. The Hall–Kier alpha value is -1.09. The highest BCUT2D eigenvalue weighted by molar-refractivity contribution is 9.10. The van der Waals surface area contributed by atoms with Crippen molar-refractivity contribution in [3.63, 3.8) is 0 Å². The molecule has 0 aliphatic rings. The highest BCUT2D eigenvalue weighted by Gasteiger charge is 1.88. The summed E-state index contributed by atoms with van der Waals surface area (Å²) in [7, 11) is 0. The van der Waals surface area contributed by atoms with Crippen molar-refractivity contribution < 1.29 is 0 Å². The zero-order valence-corrected chi connectivity index (χ0v) is 11.3. The minimum Gasteiger partial charge on any atom is -0.378 e. The third kappa shape index (κ3) is 4.62. The van der Waals surface area contributed by atoms with Crippen LogP contribution in [0.3, 0.4) is 0 Å². The summed E-state index contributed by atoms with van der Waals surface area (Å²) in [4.78, 5) is 6.49. The number of hydrogen-bond acceptors (Lipinski definition) is 2. The van der Waals surface area contributed by atoms with Crippen LogP contribution < -0.4 is 0 Å². The molecule has 0 N–H and O–H groups in total. The van der Waals surface area contributed by atoms with Crippen LogP contribution in [-0.4, -0.2) is 23.0 Å². The van der Waals surface area contributed by atoms with Gasteiger partial charge in [0.05, 0.1) is 5.69 Å². The average molecular weight is 281 g/mol. The van der Waals surface area contributed by atoms with Crippen molar-refractivity contribution in [2.45, 2.75) is 13.8 Å². The molecule has 2 nitrogen and oxygen atoms in total. The smallest absolute Gasteiger partial charge is 0.0630 e. The number of nitrogens with zero attached hydrogens (tertiary/aromatic N) is 2. The minimum absolute atomic E-state index is 0.965. The topological polar surface area (TPSA) is 16.1 Å². The second-order valence-corrected chi connectivity index (χ2v) is 4.24. The third-order valence-corrected chi connectivity index (χ3v) is 2.71. The molecule has 0 saturated carbocycles. The van der Waals surface area contributed by atoms with Gasteiger partial charge in [-0.25, -0.2) is 0 Å². The summed E-state index contributed by atoms with van der Waals surface area (Å²) in [5.74, 6) is 0. The van der Waals surface area contributed by atoms with Crippen LogP contribution in [0.15, 0.2) is 41.2 Å². The molecule has 3 heteroatoms. The second kappa shape index (κ2) is 7.23. The van der Waals surface area contributed by atoms with Crippen molar-refractivity contribution in [1.29, 1.82) is 0 Å². The fraction of sp³-hybridized carbons (Fsp3) is 0.308. The van der Waals surface area contributed by atoms with Gasteiger partial charge in [-0.05, 0) is 60.3 Å². The quantitative estimate of drug-likeness (QED) is 0.765. The van der Waals surface area contributed by atoms with E-state index in [0.29, 0.717) is 0 Å². The van der Waals surface area contributed by atoms with Gasteiger partial charge < -0.3 is 4.90 Å². The number of rotatable bonds is 5. The van der Waals surface area contributed by atoms with Crippen molar-refractivity contribution in [3.8, 4) is 0 Å². The molecule has 0 aliphatic carbocycles. The van der Waals surface area contributed by atoms with E-state index in [4.69, 9.17) is 0 Å². The molecule has 0 spiro atoms. The molecule has 0 aromatic carbocycles. The Bertz CT molecular complexity index is 351. The molecule has 0 unspecified atom stereocenters. The maximum Gasteiger partial charge on any atom is 0.0630 e. The van der Waals surface area contributed by atoms with E-state index in [1.165, 1.54) is 0 Å². The molecule has 0 atom stereocenters. The summed E-state index contributed by atoms with van der Waals surface area (Å²) in [6.07, 6.45) is 9.93. The zero-order chi connectivity index (χ0) is 11.8. The summed E-state index contributed by atoms with van der Waals surface area (Å²) >= 11 is 3.36. The summed E-state index contributed by atoms with van der Waals surface area (Å²) in [5, 5.41) is 0. The summed E-state index contributed by atoms with van der Waals surface area (Å²) in [6.45, 7) is 6.37. The first kappa shape index (κ1) is 13.0. The number of aromatic nitrogens is 1. The third-order valence-electron chi connectivity index (χ3n) is 2.24. The number of allylic oxidation sites excluding steroid dienone is 2. The summed E-state index contributed by atoms with van der Waals surface area (Å²) in [5.41, 5.74) is 0.965. The molecular weight excluding hydrogens is 264 g/mol. The standard InChI is InChI=1S/C13H17BrN2/c1-3-16(4-2)10-6-5-7-13-9-8-12(14)11-15-13/h5-11H,3-4H2,1-2H3/b7-5+,10-6+. The number of pyridine rings is 1. The van der Waals surface area contributed by atoms with Crippen LogP contribution in [0.1, 0.15) is 19.5 Å². The molecule has 0 bridgehead atoms. The lowest BCUT2D eigenvalue weighted by atomic mass is 10.3. The molecule has 1 heterocycles. The maximum atomic E-state index is 4.25. The Morgan fingerprint density at radius 3 is 2.56 bits per heavy atom. The van der Waals surface area contributed by atoms with E-state index in [9.17, 15) is 0 Å². The van der Waals surface area contributed by atoms with Crippen LogP contribution >= 0.6 is 15.9 Å². The van der Waals surface area contributed by atoms with Crippen LogP contribution in [0.4, 0.5) is 0 Å². The van der Waals surface area contributed by atoms with Crippen molar-refractivity contribution in [3.05, 3.63) is 46.8 Å².